The summed E-state index contributed by atoms with van der Waals surface area (Å²) in [6, 6.07) is -1.54. The molecule has 0 radical (unpaired) electrons. The molecule has 11 nitrogen and oxygen atoms in total. The summed E-state index contributed by atoms with van der Waals surface area (Å²) < 4.78 is 26.7. The Kier molecular flexibility index (Phi) is 30.7. The predicted octanol–water partition coefficient (Wildman–Crippen LogP) is 8.39. The summed E-state index contributed by atoms with van der Waals surface area (Å²) in [4.78, 5) is 45.6. The van der Waals surface area contributed by atoms with Crippen LogP contribution in [0.3, 0.4) is 0 Å². The number of esters is 1. The van der Waals surface area contributed by atoms with Crippen molar-refractivity contribution in [2.75, 3.05) is 19.8 Å². The molecule has 0 bridgehead atoms. The van der Waals surface area contributed by atoms with Gasteiger partial charge in [-0.25, -0.2) is 9.36 Å². The van der Waals surface area contributed by atoms with Gasteiger partial charge in [0.25, 0.3) is 0 Å². The van der Waals surface area contributed by atoms with Crippen molar-refractivity contribution in [2.24, 2.45) is 0 Å². The molecule has 0 aliphatic rings. The second-order valence-corrected chi connectivity index (χ2v) is 14.2. The molecule has 0 fully saturated rings. The van der Waals surface area contributed by atoms with Crippen molar-refractivity contribution in [1.29, 1.82) is 0 Å². The van der Waals surface area contributed by atoms with Gasteiger partial charge in [-0.1, -0.05) is 149 Å². The molecule has 1 amide bonds. The number of phosphoric ester groups is 1. The summed E-state index contributed by atoms with van der Waals surface area (Å²) in [5, 5.41) is 21.7. The highest BCUT2D eigenvalue weighted by atomic mass is 31.2. The van der Waals surface area contributed by atoms with Crippen LogP contribution in [0.15, 0.2) is 0 Å². The second-order valence-electron chi connectivity index (χ2n) is 12.8. The molecule has 12 heteroatoms. The van der Waals surface area contributed by atoms with Crippen LogP contribution in [0.2, 0.25) is 0 Å². The largest absolute Gasteiger partial charge is 0.480 e. The van der Waals surface area contributed by atoms with Crippen LogP contribution in [-0.4, -0.2) is 64.9 Å². The molecule has 0 aromatic rings. The topological polar surface area (TPSA) is 169 Å². The van der Waals surface area contributed by atoms with Crippen LogP contribution >= 0.6 is 7.82 Å². The first-order chi connectivity index (χ1) is 22.6. The molecule has 0 heterocycles. The zero-order valence-corrected chi connectivity index (χ0v) is 30.5. The molecule has 47 heavy (non-hydrogen) atoms. The number of carbonyl (C=O) groups is 3. The van der Waals surface area contributed by atoms with Crippen LogP contribution < -0.4 is 5.32 Å². The maximum absolute atomic E-state index is 12.2. The van der Waals surface area contributed by atoms with Crippen molar-refractivity contribution in [3.63, 3.8) is 0 Å². The first kappa shape index (κ1) is 45.5. The Hall–Kier alpha value is -1.52. The Balaban J connectivity index is 3.97. The van der Waals surface area contributed by atoms with Crippen LogP contribution in [0.1, 0.15) is 174 Å². The minimum atomic E-state index is -4.74. The molecule has 0 saturated heterocycles. The Morgan fingerprint density at radius 2 is 0.979 bits per heavy atom. The Morgan fingerprint density at radius 3 is 1.40 bits per heavy atom. The highest BCUT2D eigenvalue weighted by molar-refractivity contribution is 7.47. The van der Waals surface area contributed by atoms with Crippen molar-refractivity contribution in [1.82, 2.24) is 5.32 Å². The normalized spacial score (nSPS) is 14.0. The number of rotatable bonds is 35. The van der Waals surface area contributed by atoms with E-state index in [1.807, 2.05) is 0 Å². The number of carboxylic acids is 1. The second kappa shape index (κ2) is 31.7. The number of hydrogen-bond acceptors (Lipinski definition) is 8. The van der Waals surface area contributed by atoms with Gasteiger partial charge < -0.3 is 25.2 Å². The first-order valence-electron chi connectivity index (χ1n) is 18.6. The number of carboxylic acid groups (broad SMARTS) is 1. The molecule has 278 valence electrons. The summed E-state index contributed by atoms with van der Waals surface area (Å²) in [6.07, 6.45) is 25.6. The third kappa shape index (κ3) is 31.5. The maximum Gasteiger partial charge on any atom is 0.472 e. The molecule has 0 aromatic heterocycles. The predicted molar refractivity (Wildman–Crippen MR) is 185 cm³/mol. The number of nitrogens with one attached hydrogen (secondary N) is 1. The molecule has 0 saturated carbocycles. The molecule has 4 N–H and O–H groups in total. The molecule has 0 rings (SSSR count). The minimum Gasteiger partial charge on any atom is -0.480 e. The van der Waals surface area contributed by atoms with Gasteiger partial charge in [0.2, 0.25) is 5.91 Å². The van der Waals surface area contributed by atoms with E-state index in [0.29, 0.717) is 12.8 Å². The molecule has 0 aromatic carbocycles. The monoisotopic (exact) mass is 693 g/mol. The summed E-state index contributed by atoms with van der Waals surface area (Å²) in [5.41, 5.74) is 0. The van der Waals surface area contributed by atoms with Gasteiger partial charge >= 0.3 is 19.8 Å². The Bertz CT molecular complexity index is 828. The standard InChI is InChI=1S/C35H68NO10P/c1-3-5-7-9-11-13-15-17-18-20-22-24-26-33(38)36-32(35(40)41)30-46-47(42,43)45-29-31(37)28-44-34(39)27-25-23-21-19-16-14-12-10-8-6-4-2/h31-32,37H,3-30H2,1-2H3,(H,36,38)(H,40,41)(H,42,43). The fourth-order valence-electron chi connectivity index (χ4n) is 5.20. The van der Waals surface area contributed by atoms with Gasteiger partial charge in [-0.3, -0.25) is 18.6 Å². The van der Waals surface area contributed by atoms with E-state index in [1.165, 1.54) is 96.3 Å². The van der Waals surface area contributed by atoms with Crippen molar-refractivity contribution >= 4 is 25.7 Å². The fourth-order valence-corrected chi connectivity index (χ4v) is 5.97. The number of aliphatic hydroxyl groups is 1. The lowest BCUT2D eigenvalue weighted by Crippen LogP contribution is -2.43. The zero-order valence-electron chi connectivity index (χ0n) is 29.6. The van der Waals surface area contributed by atoms with E-state index < -0.39 is 57.6 Å². The van der Waals surface area contributed by atoms with E-state index in [4.69, 9.17) is 13.8 Å². The Labute approximate surface area is 284 Å². The summed E-state index contributed by atoms with van der Waals surface area (Å²) in [7, 11) is -4.74. The number of aliphatic carboxylic acids is 1. The SMILES string of the molecule is CCCCCCCCCCCCCCC(=O)NC(COP(=O)(O)OCC(O)COC(=O)CCCCCCCCCCCCC)C(=O)O. The van der Waals surface area contributed by atoms with Crippen molar-refractivity contribution < 1.29 is 47.8 Å². The zero-order chi connectivity index (χ0) is 35.0. The van der Waals surface area contributed by atoms with Crippen molar-refractivity contribution in [2.45, 2.75) is 187 Å². The fraction of sp³-hybridized carbons (Fsp3) is 0.914. The lowest BCUT2D eigenvalue weighted by atomic mass is 10.0. The number of unbranched alkanes of at least 4 members (excludes halogenated alkanes) is 21. The van der Waals surface area contributed by atoms with Gasteiger partial charge in [0.1, 0.15) is 12.7 Å². The maximum atomic E-state index is 12.2. The van der Waals surface area contributed by atoms with Crippen LogP contribution in [0.5, 0.6) is 0 Å². The molecule has 3 atom stereocenters. The number of ether oxygens (including phenoxy) is 1. The number of amides is 1. The van der Waals surface area contributed by atoms with Gasteiger partial charge in [0.05, 0.1) is 13.2 Å². The van der Waals surface area contributed by atoms with Crippen LogP contribution in [0.25, 0.3) is 0 Å². The third-order valence-corrected chi connectivity index (χ3v) is 9.10. The number of aliphatic hydroxyl groups excluding tert-OH is 1. The molecule has 0 aliphatic heterocycles. The minimum absolute atomic E-state index is 0.151. The van der Waals surface area contributed by atoms with E-state index in [-0.39, 0.29) is 12.8 Å². The molecule has 0 aliphatic carbocycles. The van der Waals surface area contributed by atoms with Crippen LogP contribution in [-0.2, 0) is 32.7 Å². The van der Waals surface area contributed by atoms with E-state index in [9.17, 15) is 34.1 Å². The average molecular weight is 694 g/mol. The van der Waals surface area contributed by atoms with Gasteiger partial charge in [-0.2, -0.15) is 0 Å². The number of carbonyl (C=O) groups excluding carboxylic acids is 2. The van der Waals surface area contributed by atoms with E-state index >= 15 is 0 Å². The van der Waals surface area contributed by atoms with Gasteiger partial charge in [0.15, 0.2) is 6.04 Å². The smallest absolute Gasteiger partial charge is 0.472 e. The average Bonchev–Trinajstić information content (AvgIpc) is 3.04. The lowest BCUT2D eigenvalue weighted by Gasteiger charge is -2.18. The van der Waals surface area contributed by atoms with E-state index in [2.05, 4.69) is 19.2 Å². The summed E-state index contributed by atoms with van der Waals surface area (Å²) in [5.74, 6) is -2.36. The molecule has 0 spiro atoms. The van der Waals surface area contributed by atoms with Crippen LogP contribution in [0.4, 0.5) is 0 Å². The molecular weight excluding hydrogens is 625 g/mol. The van der Waals surface area contributed by atoms with Gasteiger partial charge in [0, 0.05) is 12.8 Å². The van der Waals surface area contributed by atoms with Crippen LogP contribution in [0, 0.1) is 0 Å². The first-order valence-corrected chi connectivity index (χ1v) is 20.1. The van der Waals surface area contributed by atoms with Gasteiger partial charge in [-0.15, -0.1) is 0 Å². The quantitative estimate of drug-likeness (QED) is 0.0287. The lowest BCUT2D eigenvalue weighted by molar-refractivity contribution is -0.147. The third-order valence-electron chi connectivity index (χ3n) is 8.15. The van der Waals surface area contributed by atoms with E-state index in [1.54, 1.807) is 0 Å². The number of phosphoric acid groups is 1. The highest BCUT2D eigenvalue weighted by Crippen LogP contribution is 2.43. The molecule has 3 unspecified atom stereocenters. The summed E-state index contributed by atoms with van der Waals surface area (Å²) in [6.45, 7) is 2.56. The summed E-state index contributed by atoms with van der Waals surface area (Å²) >= 11 is 0. The van der Waals surface area contributed by atoms with E-state index in [0.717, 1.165) is 38.5 Å². The molecular formula is C35H68NO10P. The van der Waals surface area contributed by atoms with Crippen molar-refractivity contribution in [3.05, 3.63) is 0 Å². The highest BCUT2D eigenvalue weighted by Gasteiger charge is 2.28. The number of hydrogen-bond donors (Lipinski definition) is 4. The van der Waals surface area contributed by atoms with Crippen molar-refractivity contribution in [3.8, 4) is 0 Å². The Morgan fingerprint density at radius 1 is 0.596 bits per heavy atom. The van der Waals surface area contributed by atoms with Gasteiger partial charge in [-0.05, 0) is 12.8 Å².